The number of piperidine rings is 1. The summed E-state index contributed by atoms with van der Waals surface area (Å²) in [7, 11) is 0. The van der Waals surface area contributed by atoms with Gasteiger partial charge >= 0.3 is 5.97 Å². The fourth-order valence-electron chi connectivity index (χ4n) is 3.05. The number of rotatable bonds is 6. The van der Waals surface area contributed by atoms with Crippen LogP contribution in [0.2, 0.25) is 0 Å². The van der Waals surface area contributed by atoms with Crippen LogP contribution in [-0.2, 0) is 9.59 Å². The van der Waals surface area contributed by atoms with E-state index in [-0.39, 0.29) is 23.8 Å². The van der Waals surface area contributed by atoms with Crippen LogP contribution in [0.1, 0.15) is 59.3 Å². The molecule has 1 saturated heterocycles. The van der Waals surface area contributed by atoms with E-state index < -0.39 is 5.97 Å². The molecule has 2 unspecified atom stereocenters. The van der Waals surface area contributed by atoms with Crippen molar-refractivity contribution < 1.29 is 14.7 Å². The Bertz CT molecular complexity index is 311. The summed E-state index contributed by atoms with van der Waals surface area (Å²) < 4.78 is 0. The second-order valence-corrected chi connectivity index (χ2v) is 5.71. The summed E-state index contributed by atoms with van der Waals surface area (Å²) in [6, 6.07) is 0.0542. The molecule has 1 fully saturated rings. The van der Waals surface area contributed by atoms with E-state index in [0.717, 1.165) is 25.7 Å². The lowest BCUT2D eigenvalue weighted by Gasteiger charge is -2.38. The lowest BCUT2D eigenvalue weighted by molar-refractivity contribution is -0.149. The van der Waals surface area contributed by atoms with Gasteiger partial charge in [-0.1, -0.05) is 26.7 Å². The number of likely N-dealkylation sites (tertiary alicyclic amines) is 1. The predicted molar refractivity (Wildman–Crippen MR) is 74.8 cm³/mol. The molecule has 0 aliphatic carbocycles. The summed E-state index contributed by atoms with van der Waals surface area (Å²) >= 11 is 0. The largest absolute Gasteiger partial charge is 0.481 e. The van der Waals surface area contributed by atoms with Gasteiger partial charge in [-0.3, -0.25) is 9.59 Å². The van der Waals surface area contributed by atoms with Gasteiger partial charge in [0, 0.05) is 18.5 Å². The van der Waals surface area contributed by atoms with Crippen LogP contribution >= 0.6 is 0 Å². The molecule has 110 valence electrons. The zero-order chi connectivity index (χ0) is 14.4. The number of amides is 1. The highest BCUT2D eigenvalue weighted by Gasteiger charge is 2.34. The van der Waals surface area contributed by atoms with Gasteiger partial charge in [-0.25, -0.2) is 0 Å². The number of hydrogen-bond acceptors (Lipinski definition) is 2. The number of aliphatic carboxylic acids is 1. The molecule has 1 N–H and O–H groups in total. The maximum Gasteiger partial charge on any atom is 0.306 e. The van der Waals surface area contributed by atoms with E-state index in [9.17, 15) is 9.59 Å². The van der Waals surface area contributed by atoms with Crippen LogP contribution in [0.5, 0.6) is 0 Å². The third-order valence-electron chi connectivity index (χ3n) is 4.13. The molecule has 0 aromatic rings. The van der Waals surface area contributed by atoms with Gasteiger partial charge in [-0.05, 0) is 32.6 Å². The van der Waals surface area contributed by atoms with Crippen molar-refractivity contribution in [2.75, 3.05) is 6.54 Å². The molecular weight excluding hydrogens is 242 g/mol. The first kappa shape index (κ1) is 16.0. The van der Waals surface area contributed by atoms with Gasteiger partial charge in [0.15, 0.2) is 0 Å². The molecule has 1 aliphatic rings. The summed E-state index contributed by atoms with van der Waals surface area (Å²) in [5.74, 6) is -0.647. The van der Waals surface area contributed by atoms with Gasteiger partial charge in [0.05, 0.1) is 5.92 Å². The molecule has 0 aromatic carbocycles. The number of hydrogen-bond donors (Lipinski definition) is 1. The Kier molecular flexibility index (Phi) is 6.32. The van der Waals surface area contributed by atoms with Gasteiger partial charge in [0.2, 0.25) is 5.91 Å². The fraction of sp³-hybridized carbons (Fsp3) is 0.867. The van der Waals surface area contributed by atoms with E-state index in [4.69, 9.17) is 5.11 Å². The molecule has 0 radical (unpaired) electrons. The van der Waals surface area contributed by atoms with Crippen molar-refractivity contribution in [3.8, 4) is 0 Å². The molecule has 4 nitrogen and oxygen atoms in total. The Morgan fingerprint density at radius 2 is 1.84 bits per heavy atom. The minimum absolute atomic E-state index is 0.0542. The quantitative estimate of drug-likeness (QED) is 0.806. The average Bonchev–Trinajstić information content (AvgIpc) is 2.37. The molecule has 1 rings (SSSR count). The first-order valence-electron chi connectivity index (χ1n) is 7.54. The molecule has 0 saturated carbocycles. The number of carbonyl (C=O) groups is 2. The van der Waals surface area contributed by atoms with E-state index in [1.165, 1.54) is 0 Å². The number of nitrogens with zero attached hydrogens (tertiary/aromatic N) is 1. The summed E-state index contributed by atoms with van der Waals surface area (Å²) in [6.07, 6.45) is 5.12. The summed E-state index contributed by atoms with van der Waals surface area (Å²) in [6.45, 7) is 6.79. The molecule has 1 amide bonds. The first-order chi connectivity index (χ1) is 9.01. The number of carbonyl (C=O) groups excluding carboxylic acids is 1. The maximum absolute atomic E-state index is 12.5. The topological polar surface area (TPSA) is 57.6 Å². The van der Waals surface area contributed by atoms with E-state index >= 15 is 0 Å². The van der Waals surface area contributed by atoms with Crippen LogP contribution in [0.3, 0.4) is 0 Å². The van der Waals surface area contributed by atoms with Crippen molar-refractivity contribution in [1.29, 1.82) is 0 Å². The van der Waals surface area contributed by atoms with Gasteiger partial charge in [-0.2, -0.15) is 0 Å². The highest BCUT2D eigenvalue weighted by Crippen LogP contribution is 2.26. The highest BCUT2D eigenvalue weighted by atomic mass is 16.4. The standard InChI is InChI=1S/C15H27NO3/c1-4-6-12(7-5-2)14(17)16-9-8-13(15(18)19)10-11(16)3/h11-13H,4-10H2,1-3H3,(H,18,19). The van der Waals surface area contributed by atoms with E-state index in [1.807, 2.05) is 11.8 Å². The minimum atomic E-state index is -0.724. The Morgan fingerprint density at radius 1 is 1.26 bits per heavy atom. The molecule has 4 heteroatoms. The molecule has 1 aliphatic heterocycles. The SMILES string of the molecule is CCCC(CCC)C(=O)N1CCC(C(=O)O)CC1C. The molecule has 2 atom stereocenters. The van der Waals surface area contributed by atoms with Gasteiger partial charge < -0.3 is 10.0 Å². The Hall–Kier alpha value is -1.06. The summed E-state index contributed by atoms with van der Waals surface area (Å²) in [4.78, 5) is 25.5. The second-order valence-electron chi connectivity index (χ2n) is 5.71. The van der Waals surface area contributed by atoms with Gasteiger partial charge in [-0.15, -0.1) is 0 Å². The van der Waals surface area contributed by atoms with E-state index in [0.29, 0.717) is 19.4 Å². The minimum Gasteiger partial charge on any atom is -0.481 e. The monoisotopic (exact) mass is 269 g/mol. The van der Waals surface area contributed by atoms with Crippen LogP contribution in [0.25, 0.3) is 0 Å². The van der Waals surface area contributed by atoms with Crippen molar-refractivity contribution in [2.45, 2.75) is 65.3 Å². The molecule has 1 heterocycles. The molecule has 0 aromatic heterocycles. The van der Waals surface area contributed by atoms with Crippen LogP contribution in [0.4, 0.5) is 0 Å². The van der Waals surface area contributed by atoms with Crippen LogP contribution in [-0.4, -0.2) is 34.5 Å². The van der Waals surface area contributed by atoms with Crippen LogP contribution < -0.4 is 0 Å². The first-order valence-corrected chi connectivity index (χ1v) is 7.54. The lowest BCUT2D eigenvalue weighted by Crippen LogP contribution is -2.48. The normalized spacial score (nSPS) is 23.7. The van der Waals surface area contributed by atoms with Crippen LogP contribution in [0, 0.1) is 11.8 Å². The number of carboxylic acids is 1. The second kappa shape index (κ2) is 7.51. The predicted octanol–water partition coefficient (Wildman–Crippen LogP) is 2.91. The summed E-state index contributed by atoms with van der Waals surface area (Å²) in [5.41, 5.74) is 0. The zero-order valence-corrected chi connectivity index (χ0v) is 12.4. The lowest BCUT2D eigenvalue weighted by atomic mass is 9.89. The molecule has 19 heavy (non-hydrogen) atoms. The summed E-state index contributed by atoms with van der Waals surface area (Å²) in [5, 5.41) is 9.06. The highest BCUT2D eigenvalue weighted by molar-refractivity contribution is 5.79. The fourth-order valence-corrected chi connectivity index (χ4v) is 3.05. The van der Waals surface area contributed by atoms with E-state index in [1.54, 1.807) is 0 Å². The zero-order valence-electron chi connectivity index (χ0n) is 12.4. The molecule has 0 bridgehead atoms. The smallest absolute Gasteiger partial charge is 0.306 e. The molecule has 0 spiro atoms. The maximum atomic E-state index is 12.5. The Labute approximate surface area is 116 Å². The van der Waals surface area contributed by atoms with Gasteiger partial charge in [0.1, 0.15) is 0 Å². The third-order valence-corrected chi connectivity index (χ3v) is 4.13. The average molecular weight is 269 g/mol. The van der Waals surface area contributed by atoms with E-state index in [2.05, 4.69) is 13.8 Å². The van der Waals surface area contributed by atoms with Crippen molar-refractivity contribution in [3.63, 3.8) is 0 Å². The van der Waals surface area contributed by atoms with Crippen molar-refractivity contribution in [3.05, 3.63) is 0 Å². The van der Waals surface area contributed by atoms with Crippen molar-refractivity contribution >= 4 is 11.9 Å². The van der Waals surface area contributed by atoms with Crippen molar-refractivity contribution in [1.82, 2.24) is 4.90 Å². The van der Waals surface area contributed by atoms with Crippen LogP contribution in [0.15, 0.2) is 0 Å². The van der Waals surface area contributed by atoms with Crippen molar-refractivity contribution in [2.24, 2.45) is 11.8 Å². The Morgan fingerprint density at radius 3 is 2.26 bits per heavy atom. The number of carboxylic acid groups (broad SMARTS) is 1. The third kappa shape index (κ3) is 4.22. The molecular formula is C15H27NO3. The Balaban J connectivity index is 2.63. The van der Waals surface area contributed by atoms with Gasteiger partial charge in [0.25, 0.3) is 0 Å².